The van der Waals surface area contributed by atoms with Crippen molar-refractivity contribution in [3.05, 3.63) is 42.3 Å². The fraction of sp³-hybridized carbons (Fsp3) is 0.312. The zero-order valence-corrected chi connectivity index (χ0v) is 12.7. The maximum absolute atomic E-state index is 13.0. The number of primary amides is 1. The zero-order chi connectivity index (χ0) is 16.2. The maximum atomic E-state index is 13.0. The van der Waals surface area contributed by atoms with Gasteiger partial charge in [0, 0.05) is 31.7 Å². The lowest BCUT2D eigenvalue weighted by molar-refractivity contribution is -0.119. The third kappa shape index (κ3) is 3.81. The lowest BCUT2D eigenvalue weighted by atomic mass is 10.1. The van der Waals surface area contributed by atoms with Gasteiger partial charge in [-0.3, -0.25) is 9.69 Å². The van der Waals surface area contributed by atoms with Crippen LogP contribution in [0.4, 0.5) is 10.2 Å². The van der Waals surface area contributed by atoms with Gasteiger partial charge in [-0.15, -0.1) is 5.10 Å². The molecule has 0 bridgehead atoms. The molecular weight excluding hydrogens is 297 g/mol. The van der Waals surface area contributed by atoms with Crippen LogP contribution in [0.2, 0.25) is 0 Å². The molecular formula is C16H18FN5O. The van der Waals surface area contributed by atoms with Crippen LogP contribution in [0.15, 0.2) is 36.5 Å². The Kier molecular flexibility index (Phi) is 4.47. The van der Waals surface area contributed by atoms with E-state index in [0.29, 0.717) is 0 Å². The summed E-state index contributed by atoms with van der Waals surface area (Å²) in [5.74, 6) is 0.212. The van der Waals surface area contributed by atoms with E-state index in [1.54, 1.807) is 18.3 Å². The number of anilines is 1. The van der Waals surface area contributed by atoms with Crippen molar-refractivity contribution in [2.75, 3.05) is 37.6 Å². The Morgan fingerprint density at radius 1 is 1.13 bits per heavy atom. The van der Waals surface area contributed by atoms with E-state index in [9.17, 15) is 9.18 Å². The lowest BCUT2D eigenvalue weighted by Gasteiger charge is -2.34. The molecule has 1 fully saturated rings. The minimum absolute atomic E-state index is 0.262. The summed E-state index contributed by atoms with van der Waals surface area (Å²) in [6.45, 7) is 3.32. The first-order valence-electron chi connectivity index (χ1n) is 7.46. The monoisotopic (exact) mass is 315 g/mol. The van der Waals surface area contributed by atoms with Gasteiger partial charge >= 0.3 is 0 Å². The summed E-state index contributed by atoms with van der Waals surface area (Å²) in [6, 6.07) is 8.25. The van der Waals surface area contributed by atoms with Gasteiger partial charge in [0.15, 0.2) is 5.82 Å². The smallest absolute Gasteiger partial charge is 0.231 e. The Bertz CT molecular complexity index is 683. The van der Waals surface area contributed by atoms with E-state index in [1.807, 2.05) is 11.0 Å². The fourth-order valence-corrected chi connectivity index (χ4v) is 2.67. The average molecular weight is 315 g/mol. The molecule has 3 rings (SSSR count). The highest BCUT2D eigenvalue weighted by atomic mass is 19.1. The Labute approximate surface area is 133 Å². The Hall–Kier alpha value is -2.54. The number of carbonyl (C=O) groups is 1. The van der Waals surface area contributed by atoms with E-state index in [0.717, 1.165) is 43.1 Å². The third-order valence-corrected chi connectivity index (χ3v) is 3.89. The third-order valence-electron chi connectivity index (χ3n) is 3.89. The molecule has 1 amide bonds. The molecule has 23 heavy (non-hydrogen) atoms. The standard InChI is InChI=1S/C16H18FN5O/c17-14-3-1-12(2-4-14)13-9-16(20-19-10-13)22-7-5-21(6-8-22)11-15(18)23/h1-4,9-10H,5-8,11H2,(H2,18,23). The van der Waals surface area contributed by atoms with Gasteiger partial charge < -0.3 is 10.6 Å². The highest BCUT2D eigenvalue weighted by Crippen LogP contribution is 2.22. The second-order valence-corrected chi connectivity index (χ2v) is 5.54. The molecule has 0 aliphatic carbocycles. The highest BCUT2D eigenvalue weighted by Gasteiger charge is 2.19. The van der Waals surface area contributed by atoms with Crippen LogP contribution in [0.25, 0.3) is 11.1 Å². The van der Waals surface area contributed by atoms with E-state index < -0.39 is 0 Å². The van der Waals surface area contributed by atoms with Crippen LogP contribution in [0.3, 0.4) is 0 Å². The molecule has 0 atom stereocenters. The second kappa shape index (κ2) is 6.70. The molecule has 1 aliphatic heterocycles. The molecule has 0 radical (unpaired) electrons. The van der Waals surface area contributed by atoms with Crippen molar-refractivity contribution < 1.29 is 9.18 Å². The van der Waals surface area contributed by atoms with Gasteiger partial charge in [-0.25, -0.2) is 4.39 Å². The van der Waals surface area contributed by atoms with Crippen LogP contribution >= 0.6 is 0 Å². The molecule has 1 aliphatic rings. The molecule has 6 nitrogen and oxygen atoms in total. The van der Waals surface area contributed by atoms with Crippen molar-refractivity contribution in [1.29, 1.82) is 0 Å². The van der Waals surface area contributed by atoms with Crippen LogP contribution in [-0.2, 0) is 4.79 Å². The van der Waals surface area contributed by atoms with E-state index in [-0.39, 0.29) is 18.3 Å². The summed E-state index contributed by atoms with van der Waals surface area (Å²) in [5.41, 5.74) is 7.02. The molecule has 2 N–H and O–H groups in total. The first-order valence-corrected chi connectivity index (χ1v) is 7.46. The van der Waals surface area contributed by atoms with Crippen LogP contribution in [0.1, 0.15) is 0 Å². The van der Waals surface area contributed by atoms with Crippen LogP contribution in [0.5, 0.6) is 0 Å². The zero-order valence-electron chi connectivity index (χ0n) is 12.7. The minimum Gasteiger partial charge on any atom is -0.369 e. The highest BCUT2D eigenvalue weighted by molar-refractivity contribution is 5.76. The summed E-state index contributed by atoms with van der Waals surface area (Å²) in [5, 5.41) is 8.24. The SMILES string of the molecule is NC(=O)CN1CCN(c2cc(-c3ccc(F)cc3)cnn2)CC1. The number of hydrogen-bond acceptors (Lipinski definition) is 5. The van der Waals surface area contributed by atoms with E-state index in [4.69, 9.17) is 5.73 Å². The number of halogens is 1. The number of carbonyl (C=O) groups excluding carboxylic acids is 1. The largest absolute Gasteiger partial charge is 0.369 e. The van der Waals surface area contributed by atoms with Gasteiger partial charge in [0.05, 0.1) is 12.7 Å². The van der Waals surface area contributed by atoms with Gasteiger partial charge in [0.1, 0.15) is 5.82 Å². The van der Waals surface area contributed by atoms with Crippen LogP contribution < -0.4 is 10.6 Å². The molecule has 0 saturated carbocycles. The summed E-state index contributed by atoms with van der Waals surface area (Å²) >= 11 is 0. The van der Waals surface area contributed by atoms with Gasteiger partial charge in [0.2, 0.25) is 5.91 Å². The molecule has 1 aromatic heterocycles. The predicted molar refractivity (Wildman–Crippen MR) is 85.3 cm³/mol. The van der Waals surface area contributed by atoms with Crippen molar-refractivity contribution in [2.45, 2.75) is 0 Å². The quantitative estimate of drug-likeness (QED) is 0.907. The van der Waals surface area contributed by atoms with Gasteiger partial charge in [-0.05, 0) is 23.8 Å². The molecule has 7 heteroatoms. The molecule has 0 unspecified atom stereocenters. The van der Waals surface area contributed by atoms with Crippen LogP contribution in [0, 0.1) is 5.82 Å². The summed E-state index contributed by atoms with van der Waals surface area (Å²) in [7, 11) is 0. The maximum Gasteiger partial charge on any atom is 0.231 e. The molecule has 0 spiro atoms. The first kappa shape index (κ1) is 15.4. The number of hydrogen-bond donors (Lipinski definition) is 1. The minimum atomic E-state index is -0.309. The Balaban J connectivity index is 1.71. The molecule has 120 valence electrons. The predicted octanol–water partition coefficient (Wildman–Crippen LogP) is 0.890. The average Bonchev–Trinajstić information content (AvgIpc) is 2.56. The van der Waals surface area contributed by atoms with E-state index in [2.05, 4.69) is 15.1 Å². The number of rotatable bonds is 4. The normalized spacial score (nSPS) is 15.6. The van der Waals surface area contributed by atoms with Crippen molar-refractivity contribution in [3.63, 3.8) is 0 Å². The number of aromatic nitrogens is 2. The van der Waals surface area contributed by atoms with Gasteiger partial charge in [-0.1, -0.05) is 12.1 Å². The number of piperazine rings is 1. The second-order valence-electron chi connectivity index (χ2n) is 5.54. The van der Waals surface area contributed by atoms with Crippen LogP contribution in [-0.4, -0.2) is 53.7 Å². The van der Waals surface area contributed by atoms with Crippen molar-refractivity contribution in [2.24, 2.45) is 5.73 Å². The Morgan fingerprint density at radius 3 is 2.48 bits per heavy atom. The summed E-state index contributed by atoms with van der Waals surface area (Å²) < 4.78 is 13.0. The van der Waals surface area contributed by atoms with Gasteiger partial charge in [0.25, 0.3) is 0 Å². The molecule has 2 heterocycles. The summed E-state index contributed by atoms with van der Waals surface area (Å²) in [4.78, 5) is 15.1. The number of nitrogens with two attached hydrogens (primary N) is 1. The first-order chi connectivity index (χ1) is 11.1. The number of amides is 1. The molecule has 1 saturated heterocycles. The topological polar surface area (TPSA) is 75.4 Å². The summed E-state index contributed by atoms with van der Waals surface area (Å²) in [6.07, 6.45) is 1.67. The van der Waals surface area contributed by atoms with Crippen molar-refractivity contribution in [1.82, 2.24) is 15.1 Å². The van der Waals surface area contributed by atoms with Crippen molar-refractivity contribution in [3.8, 4) is 11.1 Å². The lowest BCUT2D eigenvalue weighted by Crippen LogP contribution is -2.49. The van der Waals surface area contributed by atoms with Crippen molar-refractivity contribution >= 4 is 11.7 Å². The van der Waals surface area contributed by atoms with E-state index >= 15 is 0 Å². The Morgan fingerprint density at radius 2 is 1.83 bits per heavy atom. The molecule has 1 aromatic carbocycles. The number of nitrogens with zero attached hydrogens (tertiary/aromatic N) is 4. The number of benzene rings is 1. The van der Waals surface area contributed by atoms with Gasteiger partial charge in [-0.2, -0.15) is 5.10 Å². The fourth-order valence-electron chi connectivity index (χ4n) is 2.67. The van der Waals surface area contributed by atoms with E-state index in [1.165, 1.54) is 12.1 Å². The molecule has 2 aromatic rings.